The van der Waals surface area contributed by atoms with E-state index in [2.05, 4.69) is 15.9 Å². The fraction of sp³-hybridized carbons (Fsp3) is 0.417. The number of halogens is 1. The summed E-state index contributed by atoms with van der Waals surface area (Å²) in [7, 11) is 1.59. The van der Waals surface area contributed by atoms with Gasteiger partial charge in [-0.25, -0.2) is 0 Å². The van der Waals surface area contributed by atoms with Gasteiger partial charge in [0.2, 0.25) is 0 Å². The molecule has 0 unspecified atom stereocenters. The van der Waals surface area contributed by atoms with Crippen molar-refractivity contribution in [1.82, 2.24) is 4.90 Å². The molecule has 1 heterocycles. The summed E-state index contributed by atoms with van der Waals surface area (Å²) in [4.78, 5) is 14.0. The average molecular weight is 299 g/mol. The van der Waals surface area contributed by atoms with E-state index in [1.807, 2.05) is 12.1 Å². The van der Waals surface area contributed by atoms with Crippen molar-refractivity contribution in [3.05, 3.63) is 28.2 Å². The monoisotopic (exact) mass is 298 g/mol. The second-order valence-electron chi connectivity index (χ2n) is 4.15. The van der Waals surface area contributed by atoms with Crippen LogP contribution in [0.3, 0.4) is 0 Å². The van der Waals surface area contributed by atoms with Gasteiger partial charge in [-0.2, -0.15) is 0 Å². The maximum atomic E-state index is 12.3. The Morgan fingerprint density at radius 2 is 2.35 bits per heavy atom. The summed E-state index contributed by atoms with van der Waals surface area (Å²) in [5.41, 5.74) is 6.43. The molecule has 0 bridgehead atoms. The molecule has 1 amide bonds. The number of benzene rings is 1. The van der Waals surface area contributed by atoms with Gasteiger partial charge in [0.15, 0.2) is 0 Å². The minimum Gasteiger partial charge on any atom is -0.497 e. The highest BCUT2D eigenvalue weighted by molar-refractivity contribution is 9.10. The highest BCUT2D eigenvalue weighted by Crippen LogP contribution is 2.24. The van der Waals surface area contributed by atoms with Crippen molar-refractivity contribution < 1.29 is 9.53 Å². The predicted molar refractivity (Wildman–Crippen MR) is 69.2 cm³/mol. The molecule has 92 valence electrons. The average Bonchev–Trinajstić information content (AvgIpc) is 2.76. The van der Waals surface area contributed by atoms with Crippen LogP contribution in [0.2, 0.25) is 0 Å². The van der Waals surface area contributed by atoms with E-state index in [1.165, 1.54) is 0 Å². The smallest absolute Gasteiger partial charge is 0.255 e. The van der Waals surface area contributed by atoms with Gasteiger partial charge in [0.25, 0.3) is 5.91 Å². The summed E-state index contributed by atoms with van der Waals surface area (Å²) in [5, 5.41) is 0. The Kier molecular flexibility index (Phi) is 3.69. The molecule has 0 saturated carbocycles. The third-order valence-corrected chi connectivity index (χ3v) is 3.61. The van der Waals surface area contributed by atoms with E-state index in [0.717, 1.165) is 17.4 Å². The Labute approximate surface area is 109 Å². The van der Waals surface area contributed by atoms with Gasteiger partial charge in [0.05, 0.1) is 12.7 Å². The van der Waals surface area contributed by atoms with Gasteiger partial charge < -0.3 is 15.4 Å². The second kappa shape index (κ2) is 5.06. The van der Waals surface area contributed by atoms with Crippen molar-refractivity contribution in [2.75, 3.05) is 20.2 Å². The number of methoxy groups -OCH3 is 1. The molecule has 0 radical (unpaired) electrons. The first-order chi connectivity index (χ1) is 8.11. The molecule has 17 heavy (non-hydrogen) atoms. The lowest BCUT2D eigenvalue weighted by Gasteiger charge is -2.17. The molecule has 0 aliphatic carbocycles. The van der Waals surface area contributed by atoms with Gasteiger partial charge in [-0.05, 0) is 40.5 Å². The molecular weight excluding hydrogens is 284 g/mol. The number of rotatable bonds is 2. The molecule has 0 spiro atoms. The van der Waals surface area contributed by atoms with Crippen LogP contribution in [0, 0.1) is 0 Å². The molecule has 5 heteroatoms. The summed E-state index contributed by atoms with van der Waals surface area (Å²) in [5.74, 6) is 0.684. The van der Waals surface area contributed by atoms with Crippen LogP contribution < -0.4 is 10.5 Å². The number of hydrogen-bond acceptors (Lipinski definition) is 3. The number of nitrogens with two attached hydrogens (primary N) is 1. The van der Waals surface area contributed by atoms with E-state index in [4.69, 9.17) is 10.5 Å². The zero-order chi connectivity index (χ0) is 12.4. The van der Waals surface area contributed by atoms with E-state index < -0.39 is 0 Å². The number of carbonyl (C=O) groups excluding carboxylic acids is 1. The Hall–Kier alpha value is -1.07. The van der Waals surface area contributed by atoms with Gasteiger partial charge in [0, 0.05) is 23.6 Å². The van der Waals surface area contributed by atoms with Crippen LogP contribution in [0.4, 0.5) is 0 Å². The third kappa shape index (κ3) is 2.61. The fourth-order valence-electron chi connectivity index (χ4n) is 1.94. The van der Waals surface area contributed by atoms with E-state index in [9.17, 15) is 4.79 Å². The minimum absolute atomic E-state index is 0.00345. The molecule has 0 aromatic heterocycles. The summed E-state index contributed by atoms with van der Waals surface area (Å²) in [6.45, 7) is 1.35. The van der Waals surface area contributed by atoms with Gasteiger partial charge in [0.1, 0.15) is 5.75 Å². The van der Waals surface area contributed by atoms with Crippen LogP contribution in [0.25, 0.3) is 0 Å². The Morgan fingerprint density at radius 3 is 2.94 bits per heavy atom. The Balaban J connectivity index is 2.24. The number of ether oxygens (including phenoxy) is 1. The summed E-state index contributed by atoms with van der Waals surface area (Å²) >= 11 is 3.39. The van der Waals surface area contributed by atoms with E-state index in [1.54, 1.807) is 18.1 Å². The van der Waals surface area contributed by atoms with Gasteiger partial charge in [-0.3, -0.25) is 4.79 Å². The van der Waals surface area contributed by atoms with Crippen LogP contribution in [0.5, 0.6) is 5.75 Å². The first kappa shape index (κ1) is 12.4. The van der Waals surface area contributed by atoms with Crippen molar-refractivity contribution in [1.29, 1.82) is 0 Å². The third-order valence-electron chi connectivity index (χ3n) is 2.92. The maximum absolute atomic E-state index is 12.3. The molecular formula is C12H15BrN2O2. The first-order valence-corrected chi connectivity index (χ1v) is 6.29. The van der Waals surface area contributed by atoms with Crippen LogP contribution in [0.1, 0.15) is 16.8 Å². The number of nitrogens with zero attached hydrogens (tertiary/aromatic N) is 1. The number of carbonyl (C=O) groups is 1. The van der Waals surface area contributed by atoms with Crippen molar-refractivity contribution in [2.45, 2.75) is 12.5 Å². The standard InChI is InChI=1S/C12H15BrN2O2/c1-17-9-2-3-11(13)10(6-9)12(16)15-5-4-8(14)7-15/h2-3,6,8H,4-5,7,14H2,1H3/t8-/m1/s1. The SMILES string of the molecule is COc1ccc(Br)c(C(=O)N2CC[C@@H](N)C2)c1. The lowest BCUT2D eigenvalue weighted by atomic mass is 10.2. The van der Waals surface area contributed by atoms with Crippen molar-refractivity contribution in [3.8, 4) is 5.75 Å². The topological polar surface area (TPSA) is 55.6 Å². The van der Waals surface area contributed by atoms with Gasteiger partial charge in [-0.15, -0.1) is 0 Å². The molecule has 4 nitrogen and oxygen atoms in total. The number of amides is 1. The second-order valence-corrected chi connectivity index (χ2v) is 5.00. The van der Waals surface area contributed by atoms with Gasteiger partial charge >= 0.3 is 0 Å². The predicted octanol–water partition coefficient (Wildman–Crippen LogP) is 1.63. The molecule has 2 rings (SSSR count). The number of hydrogen-bond donors (Lipinski definition) is 1. The minimum atomic E-state index is 0.00345. The van der Waals surface area contributed by atoms with Crippen molar-refractivity contribution in [2.24, 2.45) is 5.73 Å². The summed E-state index contributed by atoms with van der Waals surface area (Å²) in [6, 6.07) is 5.48. The number of likely N-dealkylation sites (tertiary alicyclic amines) is 1. The highest BCUT2D eigenvalue weighted by atomic mass is 79.9. The largest absolute Gasteiger partial charge is 0.497 e. The molecule has 1 atom stereocenters. The molecule has 1 fully saturated rings. The summed E-state index contributed by atoms with van der Waals surface area (Å²) in [6.07, 6.45) is 0.868. The fourth-order valence-corrected chi connectivity index (χ4v) is 2.35. The quantitative estimate of drug-likeness (QED) is 0.903. The van der Waals surface area contributed by atoms with Crippen LogP contribution in [-0.4, -0.2) is 37.0 Å². The first-order valence-electron chi connectivity index (χ1n) is 5.50. The zero-order valence-electron chi connectivity index (χ0n) is 9.65. The maximum Gasteiger partial charge on any atom is 0.255 e. The summed E-state index contributed by atoms with van der Waals surface area (Å²) < 4.78 is 5.91. The van der Waals surface area contributed by atoms with E-state index in [0.29, 0.717) is 17.9 Å². The van der Waals surface area contributed by atoms with Crippen LogP contribution in [-0.2, 0) is 0 Å². The Bertz CT molecular complexity index is 437. The zero-order valence-corrected chi connectivity index (χ0v) is 11.2. The Morgan fingerprint density at radius 1 is 1.59 bits per heavy atom. The van der Waals surface area contributed by atoms with E-state index in [-0.39, 0.29) is 11.9 Å². The lowest BCUT2D eigenvalue weighted by molar-refractivity contribution is 0.0789. The van der Waals surface area contributed by atoms with Crippen molar-refractivity contribution >= 4 is 21.8 Å². The molecule has 1 aliphatic heterocycles. The van der Waals surface area contributed by atoms with Crippen molar-refractivity contribution in [3.63, 3.8) is 0 Å². The van der Waals surface area contributed by atoms with Crippen LogP contribution in [0.15, 0.2) is 22.7 Å². The van der Waals surface area contributed by atoms with Gasteiger partial charge in [-0.1, -0.05) is 0 Å². The molecule has 1 aliphatic rings. The van der Waals surface area contributed by atoms with E-state index >= 15 is 0 Å². The molecule has 2 N–H and O–H groups in total. The normalized spacial score (nSPS) is 19.5. The van der Waals surface area contributed by atoms with Crippen LogP contribution >= 0.6 is 15.9 Å². The molecule has 1 saturated heterocycles. The lowest BCUT2D eigenvalue weighted by Crippen LogP contribution is -2.32. The molecule has 1 aromatic carbocycles. The highest BCUT2D eigenvalue weighted by Gasteiger charge is 2.25. The molecule has 1 aromatic rings.